The Bertz CT molecular complexity index is 1020. The van der Waals surface area contributed by atoms with E-state index >= 15 is 0 Å². The van der Waals surface area contributed by atoms with Gasteiger partial charge >= 0.3 is 0 Å². The average molecular weight is 395 g/mol. The lowest BCUT2D eigenvalue weighted by Gasteiger charge is -2.43. The Morgan fingerprint density at radius 1 is 1.21 bits per heavy atom. The van der Waals surface area contributed by atoms with E-state index in [1.165, 1.54) is 0 Å². The van der Waals surface area contributed by atoms with Crippen molar-refractivity contribution in [3.05, 3.63) is 64.9 Å². The molecule has 7 heteroatoms. The number of methoxy groups -OCH3 is 1. The number of aromatic nitrogens is 3. The van der Waals surface area contributed by atoms with Crippen molar-refractivity contribution in [2.24, 2.45) is 0 Å². The number of hydrogen-bond acceptors (Lipinski definition) is 4. The molecule has 0 aliphatic heterocycles. The van der Waals surface area contributed by atoms with Crippen molar-refractivity contribution in [2.75, 3.05) is 7.11 Å². The maximum atomic E-state index is 12.9. The third-order valence-corrected chi connectivity index (χ3v) is 5.63. The summed E-state index contributed by atoms with van der Waals surface area (Å²) in [6, 6.07) is 17.7. The molecular weight excluding hydrogens is 372 g/mol. The van der Waals surface area contributed by atoms with Gasteiger partial charge in [-0.2, -0.15) is 5.10 Å². The third-order valence-electron chi connectivity index (χ3n) is 5.32. The number of aromatic amines is 1. The zero-order valence-corrected chi connectivity index (χ0v) is 16.5. The highest BCUT2D eigenvalue weighted by Gasteiger charge is 2.39. The average Bonchev–Trinajstić information content (AvgIpc) is 3.06. The van der Waals surface area contributed by atoms with Gasteiger partial charge in [0, 0.05) is 5.56 Å². The number of carbonyl (C=O) groups excluding carboxylic acids is 1. The molecule has 0 spiro atoms. The summed E-state index contributed by atoms with van der Waals surface area (Å²) in [6.45, 7) is 0.116. The summed E-state index contributed by atoms with van der Waals surface area (Å²) >= 11 is 5.36. The van der Waals surface area contributed by atoms with E-state index in [4.69, 9.17) is 17.0 Å². The van der Waals surface area contributed by atoms with Crippen molar-refractivity contribution >= 4 is 18.1 Å². The fourth-order valence-corrected chi connectivity index (χ4v) is 3.84. The quantitative estimate of drug-likeness (QED) is 0.624. The van der Waals surface area contributed by atoms with Crippen LogP contribution in [-0.4, -0.2) is 27.8 Å². The van der Waals surface area contributed by atoms with Crippen LogP contribution in [0.5, 0.6) is 5.75 Å². The van der Waals surface area contributed by atoms with Crippen LogP contribution in [0.15, 0.2) is 54.6 Å². The lowest BCUT2D eigenvalue weighted by atomic mass is 9.72. The van der Waals surface area contributed by atoms with Crippen molar-refractivity contribution in [1.82, 2.24) is 20.1 Å². The second-order valence-corrected chi connectivity index (χ2v) is 7.40. The molecule has 0 bridgehead atoms. The van der Waals surface area contributed by atoms with E-state index in [1.54, 1.807) is 11.7 Å². The van der Waals surface area contributed by atoms with Crippen molar-refractivity contribution < 1.29 is 9.53 Å². The van der Waals surface area contributed by atoms with Crippen LogP contribution in [0.3, 0.4) is 0 Å². The summed E-state index contributed by atoms with van der Waals surface area (Å²) in [5.41, 5.74) is 1.74. The largest absolute Gasteiger partial charge is 0.497 e. The van der Waals surface area contributed by atoms with E-state index in [2.05, 4.69) is 27.6 Å². The minimum Gasteiger partial charge on any atom is -0.497 e. The van der Waals surface area contributed by atoms with Gasteiger partial charge in [0.2, 0.25) is 5.91 Å². The molecule has 144 valence electrons. The molecule has 2 aromatic carbocycles. The number of benzene rings is 2. The van der Waals surface area contributed by atoms with Crippen molar-refractivity contribution in [1.29, 1.82) is 0 Å². The summed E-state index contributed by atoms with van der Waals surface area (Å²) in [5.74, 6) is 1.32. The third kappa shape index (κ3) is 3.45. The number of hydrogen-bond donors (Lipinski definition) is 2. The van der Waals surface area contributed by atoms with Crippen molar-refractivity contribution in [2.45, 2.75) is 31.3 Å². The van der Waals surface area contributed by atoms with Gasteiger partial charge in [-0.25, -0.2) is 0 Å². The number of nitrogens with zero attached hydrogens (tertiary/aromatic N) is 2. The van der Waals surface area contributed by atoms with Crippen LogP contribution in [0, 0.1) is 4.77 Å². The lowest BCUT2D eigenvalue weighted by molar-refractivity contribution is -0.125. The van der Waals surface area contributed by atoms with Gasteiger partial charge < -0.3 is 10.1 Å². The maximum Gasteiger partial charge on any atom is 0.240 e. The Morgan fingerprint density at radius 3 is 2.54 bits per heavy atom. The van der Waals surface area contributed by atoms with Gasteiger partial charge in [-0.15, -0.1) is 0 Å². The summed E-state index contributed by atoms with van der Waals surface area (Å²) in [7, 11) is 1.62. The number of amides is 1. The number of nitrogens with one attached hydrogen (secondary N) is 2. The Labute approximate surface area is 168 Å². The van der Waals surface area contributed by atoms with Crippen LogP contribution in [0.4, 0.5) is 0 Å². The monoisotopic (exact) mass is 394 g/mol. The molecule has 3 aromatic rings. The SMILES string of the molecule is COc1ccc(-c2n[nH]c(=S)n2CC(=O)NC2(c3ccccc3)CCC2)cc1. The van der Waals surface area contributed by atoms with E-state index < -0.39 is 0 Å². The van der Waals surface area contributed by atoms with Crippen LogP contribution in [0.25, 0.3) is 11.4 Å². The smallest absolute Gasteiger partial charge is 0.240 e. The molecule has 1 fully saturated rings. The van der Waals surface area contributed by atoms with Gasteiger partial charge in [0.15, 0.2) is 10.6 Å². The predicted octanol–water partition coefficient (Wildman–Crippen LogP) is 3.81. The molecule has 1 aliphatic rings. The topological polar surface area (TPSA) is 71.9 Å². The summed E-state index contributed by atoms with van der Waals surface area (Å²) in [6.07, 6.45) is 3.01. The Hall–Kier alpha value is -2.93. The molecule has 0 saturated heterocycles. The molecule has 28 heavy (non-hydrogen) atoms. The molecule has 4 rings (SSSR count). The van der Waals surface area contributed by atoms with E-state index in [1.807, 2.05) is 42.5 Å². The van der Waals surface area contributed by atoms with Gasteiger partial charge in [0.1, 0.15) is 12.3 Å². The fourth-order valence-electron chi connectivity index (χ4n) is 3.65. The second-order valence-electron chi connectivity index (χ2n) is 7.02. The van der Waals surface area contributed by atoms with Gasteiger partial charge in [-0.05, 0) is 61.3 Å². The van der Waals surface area contributed by atoms with Crippen LogP contribution in [0.1, 0.15) is 24.8 Å². The zero-order chi connectivity index (χ0) is 19.6. The predicted molar refractivity (Wildman–Crippen MR) is 110 cm³/mol. The Kier molecular flexibility index (Phi) is 5.00. The van der Waals surface area contributed by atoms with E-state index in [9.17, 15) is 4.79 Å². The van der Waals surface area contributed by atoms with Gasteiger partial charge in [0.25, 0.3) is 0 Å². The fraction of sp³-hybridized carbons (Fsp3) is 0.286. The van der Waals surface area contributed by atoms with E-state index in [-0.39, 0.29) is 18.0 Å². The molecule has 6 nitrogen and oxygen atoms in total. The molecule has 1 heterocycles. The standard InChI is InChI=1S/C21H22N4O2S/c1-27-17-10-8-15(9-11-17)19-23-24-20(28)25(19)14-18(26)22-21(12-5-13-21)16-6-3-2-4-7-16/h2-4,6-11H,5,12-14H2,1H3,(H,22,26)(H,24,28). The first-order valence-corrected chi connectivity index (χ1v) is 9.68. The van der Waals surface area contributed by atoms with Gasteiger partial charge in [0.05, 0.1) is 12.6 Å². The van der Waals surface area contributed by atoms with Gasteiger partial charge in [-0.3, -0.25) is 14.5 Å². The molecule has 0 unspecified atom stereocenters. The van der Waals surface area contributed by atoms with Crippen LogP contribution >= 0.6 is 12.2 Å². The first kappa shape index (κ1) is 18.4. The zero-order valence-electron chi connectivity index (χ0n) is 15.6. The highest BCUT2D eigenvalue weighted by atomic mass is 32.1. The molecule has 1 aromatic heterocycles. The minimum atomic E-state index is -0.273. The van der Waals surface area contributed by atoms with Crippen LogP contribution in [0.2, 0.25) is 0 Å². The summed E-state index contributed by atoms with van der Waals surface area (Å²) < 4.78 is 7.35. The molecule has 0 atom stereocenters. The van der Waals surface area contributed by atoms with Gasteiger partial charge in [-0.1, -0.05) is 30.3 Å². The molecule has 1 aliphatic carbocycles. The number of ether oxygens (including phenoxy) is 1. The number of rotatable bonds is 6. The first-order chi connectivity index (χ1) is 13.6. The minimum absolute atomic E-state index is 0.0733. The van der Waals surface area contributed by atoms with Crippen molar-refractivity contribution in [3.63, 3.8) is 0 Å². The first-order valence-electron chi connectivity index (χ1n) is 9.27. The highest BCUT2D eigenvalue weighted by molar-refractivity contribution is 7.71. The number of H-pyrrole nitrogens is 1. The molecule has 2 N–H and O–H groups in total. The molecule has 0 radical (unpaired) electrons. The lowest BCUT2D eigenvalue weighted by Crippen LogP contribution is -2.51. The summed E-state index contributed by atoms with van der Waals surface area (Å²) in [5, 5.41) is 10.3. The van der Waals surface area contributed by atoms with Crippen LogP contribution in [-0.2, 0) is 16.9 Å². The van der Waals surface area contributed by atoms with Crippen LogP contribution < -0.4 is 10.1 Å². The molecular formula is C21H22N4O2S. The van der Waals surface area contributed by atoms with E-state index in [0.29, 0.717) is 10.6 Å². The second kappa shape index (κ2) is 7.59. The maximum absolute atomic E-state index is 12.9. The normalized spacial score (nSPS) is 14.9. The van der Waals surface area contributed by atoms with E-state index in [0.717, 1.165) is 36.1 Å². The highest BCUT2D eigenvalue weighted by Crippen LogP contribution is 2.41. The van der Waals surface area contributed by atoms with Crippen molar-refractivity contribution in [3.8, 4) is 17.1 Å². The summed E-state index contributed by atoms with van der Waals surface area (Å²) in [4.78, 5) is 12.9. The number of carbonyl (C=O) groups is 1. The Morgan fingerprint density at radius 2 is 1.93 bits per heavy atom. The molecule has 1 saturated carbocycles. The molecule has 1 amide bonds. The Balaban J connectivity index is 1.55.